The number of likely N-dealkylation sites (tertiary alicyclic amines) is 1. The Morgan fingerprint density at radius 1 is 1.20 bits per heavy atom. The summed E-state index contributed by atoms with van der Waals surface area (Å²) in [6, 6.07) is 2.21. The van der Waals surface area contributed by atoms with Gasteiger partial charge in [-0.1, -0.05) is 6.92 Å². The van der Waals surface area contributed by atoms with E-state index in [1.165, 1.54) is 25.1 Å². The zero-order chi connectivity index (χ0) is 17.5. The second kappa shape index (κ2) is 9.46. The number of anilines is 1. The highest BCUT2D eigenvalue weighted by Crippen LogP contribution is 2.27. The Bertz CT molecular complexity index is 534. The summed E-state index contributed by atoms with van der Waals surface area (Å²) in [5.41, 5.74) is 1.20. The molecule has 1 atom stereocenters. The third kappa shape index (κ3) is 5.36. The fraction of sp³-hybridized carbons (Fsp3) is 0.789. The molecule has 1 aromatic heterocycles. The van der Waals surface area contributed by atoms with Crippen LogP contribution in [0.15, 0.2) is 6.07 Å². The molecule has 0 bridgehead atoms. The van der Waals surface area contributed by atoms with Crippen molar-refractivity contribution < 1.29 is 9.47 Å². The summed E-state index contributed by atoms with van der Waals surface area (Å²) in [5, 5.41) is 0. The van der Waals surface area contributed by atoms with Crippen LogP contribution < -0.4 is 4.90 Å². The SMILES string of the molecule is CCCOCCN1CCC[C@H](c2cc(N3CCOCC3)nc(C)n2)C1. The summed E-state index contributed by atoms with van der Waals surface area (Å²) in [7, 11) is 0. The number of hydrogen-bond donors (Lipinski definition) is 0. The number of ether oxygens (including phenoxy) is 2. The number of nitrogens with zero attached hydrogens (tertiary/aromatic N) is 4. The van der Waals surface area contributed by atoms with Crippen LogP contribution in [0, 0.1) is 6.92 Å². The first-order chi connectivity index (χ1) is 12.3. The third-order valence-electron chi connectivity index (χ3n) is 5.00. The van der Waals surface area contributed by atoms with Crippen molar-refractivity contribution in [2.24, 2.45) is 0 Å². The summed E-state index contributed by atoms with van der Waals surface area (Å²) in [5.74, 6) is 2.44. The first-order valence-corrected chi connectivity index (χ1v) is 9.74. The summed E-state index contributed by atoms with van der Waals surface area (Å²) >= 11 is 0. The lowest BCUT2D eigenvalue weighted by atomic mass is 9.94. The molecule has 6 heteroatoms. The molecule has 2 aliphatic rings. The maximum Gasteiger partial charge on any atom is 0.132 e. The van der Waals surface area contributed by atoms with E-state index in [1.807, 2.05) is 6.92 Å². The molecular weight excluding hydrogens is 316 g/mol. The van der Waals surface area contributed by atoms with Crippen molar-refractivity contribution in [3.8, 4) is 0 Å². The maximum atomic E-state index is 5.66. The third-order valence-corrected chi connectivity index (χ3v) is 5.00. The van der Waals surface area contributed by atoms with E-state index < -0.39 is 0 Å². The molecule has 0 aromatic carbocycles. The van der Waals surface area contributed by atoms with Gasteiger partial charge in [0.1, 0.15) is 11.6 Å². The Kier molecular flexibility index (Phi) is 7.02. The number of rotatable bonds is 7. The van der Waals surface area contributed by atoms with Crippen molar-refractivity contribution in [1.82, 2.24) is 14.9 Å². The van der Waals surface area contributed by atoms with Crippen molar-refractivity contribution in [1.29, 1.82) is 0 Å². The molecule has 0 radical (unpaired) electrons. The van der Waals surface area contributed by atoms with Gasteiger partial charge in [-0.25, -0.2) is 9.97 Å². The molecule has 140 valence electrons. The highest BCUT2D eigenvalue weighted by atomic mass is 16.5. The zero-order valence-corrected chi connectivity index (χ0v) is 15.7. The molecule has 1 aromatic rings. The molecule has 0 unspecified atom stereocenters. The quantitative estimate of drug-likeness (QED) is 0.704. The van der Waals surface area contributed by atoms with Gasteiger partial charge >= 0.3 is 0 Å². The van der Waals surface area contributed by atoms with Crippen molar-refractivity contribution in [2.75, 3.05) is 64.1 Å². The Morgan fingerprint density at radius 3 is 2.84 bits per heavy atom. The van der Waals surface area contributed by atoms with E-state index in [0.717, 1.165) is 70.7 Å². The van der Waals surface area contributed by atoms with Crippen LogP contribution in [0.5, 0.6) is 0 Å². The molecule has 0 N–H and O–H groups in total. The van der Waals surface area contributed by atoms with Gasteiger partial charge in [0.05, 0.1) is 25.5 Å². The van der Waals surface area contributed by atoms with Gasteiger partial charge in [0, 0.05) is 44.8 Å². The van der Waals surface area contributed by atoms with E-state index >= 15 is 0 Å². The first-order valence-electron chi connectivity index (χ1n) is 9.74. The fourth-order valence-corrected chi connectivity index (χ4v) is 3.68. The zero-order valence-electron chi connectivity index (χ0n) is 15.7. The van der Waals surface area contributed by atoms with Gasteiger partial charge in [-0.05, 0) is 32.7 Å². The number of aryl methyl sites for hydroxylation is 1. The van der Waals surface area contributed by atoms with Crippen LogP contribution in [0.1, 0.15) is 43.6 Å². The number of piperidine rings is 1. The molecule has 0 saturated carbocycles. The van der Waals surface area contributed by atoms with E-state index in [9.17, 15) is 0 Å². The Morgan fingerprint density at radius 2 is 2.04 bits per heavy atom. The van der Waals surface area contributed by atoms with Crippen LogP contribution in [0.3, 0.4) is 0 Å². The highest BCUT2D eigenvalue weighted by Gasteiger charge is 2.24. The molecule has 3 heterocycles. The average molecular weight is 348 g/mol. The second-order valence-electron chi connectivity index (χ2n) is 7.05. The molecule has 2 saturated heterocycles. The van der Waals surface area contributed by atoms with Gasteiger partial charge in [0.15, 0.2) is 0 Å². The van der Waals surface area contributed by atoms with Gasteiger partial charge in [0.2, 0.25) is 0 Å². The van der Waals surface area contributed by atoms with Crippen LogP contribution in [-0.4, -0.2) is 74.0 Å². The fourth-order valence-electron chi connectivity index (χ4n) is 3.68. The number of morpholine rings is 1. The molecule has 25 heavy (non-hydrogen) atoms. The summed E-state index contributed by atoms with van der Waals surface area (Å²) in [4.78, 5) is 14.3. The molecular formula is C19H32N4O2. The van der Waals surface area contributed by atoms with E-state index in [2.05, 4.69) is 27.8 Å². The van der Waals surface area contributed by atoms with Crippen LogP contribution >= 0.6 is 0 Å². The molecule has 0 spiro atoms. The Balaban J connectivity index is 1.62. The van der Waals surface area contributed by atoms with Crippen molar-refractivity contribution in [3.05, 3.63) is 17.6 Å². The van der Waals surface area contributed by atoms with Crippen LogP contribution in [-0.2, 0) is 9.47 Å². The standard InChI is InChI=1S/C19H32N4O2/c1-3-10-24-11-7-22-6-4-5-17(15-22)18-14-19(21-16(2)20-18)23-8-12-25-13-9-23/h14,17H,3-13,15H2,1-2H3/t17-/m0/s1. The van der Waals surface area contributed by atoms with Crippen molar-refractivity contribution in [3.63, 3.8) is 0 Å². The topological polar surface area (TPSA) is 50.7 Å². The summed E-state index contributed by atoms with van der Waals surface area (Å²) < 4.78 is 11.1. The van der Waals surface area contributed by atoms with Gasteiger partial charge in [-0.3, -0.25) is 0 Å². The smallest absolute Gasteiger partial charge is 0.132 e. The van der Waals surface area contributed by atoms with E-state index in [4.69, 9.17) is 14.5 Å². The summed E-state index contributed by atoms with van der Waals surface area (Å²) in [6.45, 7) is 12.5. The number of aromatic nitrogens is 2. The molecule has 0 aliphatic carbocycles. The highest BCUT2D eigenvalue weighted by molar-refractivity contribution is 5.41. The summed E-state index contributed by atoms with van der Waals surface area (Å²) in [6.07, 6.45) is 3.53. The molecule has 3 rings (SSSR count). The Hall–Kier alpha value is -1.24. The minimum absolute atomic E-state index is 0.501. The molecule has 2 aliphatic heterocycles. The van der Waals surface area contributed by atoms with Gasteiger partial charge in [-0.2, -0.15) is 0 Å². The molecule has 0 amide bonds. The van der Waals surface area contributed by atoms with Gasteiger partial charge < -0.3 is 19.3 Å². The van der Waals surface area contributed by atoms with Crippen LogP contribution in [0.4, 0.5) is 5.82 Å². The maximum absolute atomic E-state index is 5.66. The largest absolute Gasteiger partial charge is 0.380 e. The van der Waals surface area contributed by atoms with E-state index in [-0.39, 0.29) is 0 Å². The van der Waals surface area contributed by atoms with Crippen LogP contribution in [0.25, 0.3) is 0 Å². The molecule has 2 fully saturated rings. The van der Waals surface area contributed by atoms with Crippen molar-refractivity contribution in [2.45, 2.75) is 39.0 Å². The van der Waals surface area contributed by atoms with E-state index in [1.54, 1.807) is 0 Å². The van der Waals surface area contributed by atoms with Crippen LogP contribution in [0.2, 0.25) is 0 Å². The van der Waals surface area contributed by atoms with E-state index in [0.29, 0.717) is 5.92 Å². The predicted octanol–water partition coefficient (Wildman–Crippen LogP) is 2.23. The molecule has 6 nitrogen and oxygen atoms in total. The van der Waals surface area contributed by atoms with Gasteiger partial charge in [0.25, 0.3) is 0 Å². The normalized spacial score (nSPS) is 22.3. The number of hydrogen-bond acceptors (Lipinski definition) is 6. The lowest BCUT2D eigenvalue weighted by Crippen LogP contribution is -2.38. The minimum Gasteiger partial charge on any atom is -0.380 e. The second-order valence-corrected chi connectivity index (χ2v) is 7.05. The van der Waals surface area contributed by atoms with Crippen molar-refractivity contribution >= 4 is 5.82 Å². The van der Waals surface area contributed by atoms with Gasteiger partial charge in [-0.15, -0.1) is 0 Å². The predicted molar refractivity (Wildman–Crippen MR) is 99.3 cm³/mol. The first kappa shape index (κ1) is 18.5. The Labute approximate surface area is 151 Å². The monoisotopic (exact) mass is 348 g/mol. The lowest BCUT2D eigenvalue weighted by molar-refractivity contribution is 0.0926. The lowest BCUT2D eigenvalue weighted by Gasteiger charge is -2.33. The average Bonchev–Trinajstić information content (AvgIpc) is 2.66. The minimum atomic E-state index is 0.501.